The number of benzene rings is 1. The Balaban J connectivity index is 1.78. The first kappa shape index (κ1) is 14.6. The van der Waals surface area contributed by atoms with Crippen molar-refractivity contribution < 1.29 is 4.79 Å². The molecule has 1 fully saturated rings. The molecule has 5 heteroatoms. The van der Waals surface area contributed by atoms with Gasteiger partial charge in [-0.2, -0.15) is 0 Å². The lowest BCUT2D eigenvalue weighted by atomic mass is 9.93. The second kappa shape index (κ2) is 7.13. The van der Waals surface area contributed by atoms with E-state index in [9.17, 15) is 4.79 Å². The summed E-state index contributed by atoms with van der Waals surface area (Å²) in [5.41, 5.74) is 0.699. The van der Waals surface area contributed by atoms with Crippen molar-refractivity contribution in [2.45, 2.75) is 25.7 Å². The smallest absolute Gasteiger partial charge is 0.224 e. The van der Waals surface area contributed by atoms with Crippen molar-refractivity contribution in [1.29, 1.82) is 0 Å². The van der Waals surface area contributed by atoms with Gasteiger partial charge in [0.2, 0.25) is 5.91 Å². The molecule has 1 aliphatic rings. The van der Waals surface area contributed by atoms with Crippen molar-refractivity contribution in [2.75, 3.05) is 18.4 Å². The van der Waals surface area contributed by atoms with Crippen LogP contribution in [0.25, 0.3) is 0 Å². The van der Waals surface area contributed by atoms with E-state index in [2.05, 4.69) is 10.6 Å². The largest absolute Gasteiger partial charge is 0.326 e. The van der Waals surface area contributed by atoms with Gasteiger partial charge in [0, 0.05) is 12.1 Å². The van der Waals surface area contributed by atoms with Gasteiger partial charge in [0.25, 0.3) is 0 Å². The molecule has 1 aromatic rings. The molecule has 2 rings (SSSR count). The van der Waals surface area contributed by atoms with Crippen molar-refractivity contribution in [2.24, 2.45) is 5.92 Å². The zero-order chi connectivity index (χ0) is 13.7. The molecule has 1 saturated heterocycles. The highest BCUT2D eigenvalue weighted by molar-refractivity contribution is 6.42. The summed E-state index contributed by atoms with van der Waals surface area (Å²) in [4.78, 5) is 11.8. The zero-order valence-electron chi connectivity index (χ0n) is 10.7. The molecule has 1 heterocycles. The summed E-state index contributed by atoms with van der Waals surface area (Å²) < 4.78 is 0. The lowest BCUT2D eigenvalue weighted by Gasteiger charge is -2.22. The summed E-state index contributed by atoms with van der Waals surface area (Å²) in [7, 11) is 0. The summed E-state index contributed by atoms with van der Waals surface area (Å²) in [6.07, 6.45) is 3.85. The molecule has 0 unspecified atom stereocenters. The van der Waals surface area contributed by atoms with E-state index in [1.807, 2.05) is 0 Å². The van der Waals surface area contributed by atoms with Crippen LogP contribution < -0.4 is 10.6 Å². The number of nitrogens with one attached hydrogen (secondary N) is 2. The molecular weight excluding hydrogens is 283 g/mol. The fraction of sp³-hybridized carbons (Fsp3) is 0.500. The molecule has 1 amide bonds. The predicted molar refractivity (Wildman–Crippen MR) is 79.9 cm³/mol. The molecule has 1 aliphatic heterocycles. The van der Waals surface area contributed by atoms with Crippen molar-refractivity contribution in [3.05, 3.63) is 28.2 Å². The van der Waals surface area contributed by atoms with Gasteiger partial charge in [-0.05, 0) is 56.5 Å². The molecule has 0 aromatic heterocycles. The van der Waals surface area contributed by atoms with Crippen LogP contribution in [0.2, 0.25) is 10.0 Å². The summed E-state index contributed by atoms with van der Waals surface area (Å²) in [6.45, 7) is 2.14. The highest BCUT2D eigenvalue weighted by Gasteiger charge is 2.14. The summed E-state index contributed by atoms with van der Waals surface area (Å²) in [5, 5.41) is 7.13. The van der Waals surface area contributed by atoms with Gasteiger partial charge in [0.1, 0.15) is 0 Å². The van der Waals surface area contributed by atoms with E-state index in [-0.39, 0.29) is 5.91 Å². The number of halogens is 2. The van der Waals surface area contributed by atoms with Gasteiger partial charge in [-0.25, -0.2) is 0 Å². The maximum Gasteiger partial charge on any atom is 0.224 e. The van der Waals surface area contributed by atoms with Crippen molar-refractivity contribution >= 4 is 34.8 Å². The number of carbonyl (C=O) groups is 1. The van der Waals surface area contributed by atoms with E-state index in [0.717, 1.165) is 19.5 Å². The van der Waals surface area contributed by atoms with Gasteiger partial charge in [-0.1, -0.05) is 23.2 Å². The first-order chi connectivity index (χ1) is 9.15. The van der Waals surface area contributed by atoms with Gasteiger partial charge < -0.3 is 10.6 Å². The molecule has 104 valence electrons. The molecule has 0 aliphatic carbocycles. The van der Waals surface area contributed by atoms with Crippen LogP contribution in [-0.2, 0) is 4.79 Å². The van der Waals surface area contributed by atoms with E-state index >= 15 is 0 Å². The second-order valence-corrected chi connectivity index (χ2v) is 5.72. The Morgan fingerprint density at radius 2 is 2.00 bits per heavy atom. The summed E-state index contributed by atoms with van der Waals surface area (Å²) >= 11 is 11.7. The van der Waals surface area contributed by atoms with Gasteiger partial charge in [0.05, 0.1) is 10.0 Å². The topological polar surface area (TPSA) is 41.1 Å². The van der Waals surface area contributed by atoms with E-state index < -0.39 is 0 Å². The van der Waals surface area contributed by atoms with E-state index in [1.165, 1.54) is 12.8 Å². The molecule has 0 saturated carbocycles. The summed E-state index contributed by atoms with van der Waals surface area (Å²) in [6, 6.07) is 5.12. The maximum atomic E-state index is 11.8. The van der Waals surface area contributed by atoms with Crippen molar-refractivity contribution in [3.8, 4) is 0 Å². The third-order valence-corrected chi connectivity index (χ3v) is 4.18. The fourth-order valence-electron chi connectivity index (χ4n) is 2.30. The summed E-state index contributed by atoms with van der Waals surface area (Å²) in [5.74, 6) is 0.706. The fourth-order valence-corrected chi connectivity index (χ4v) is 2.60. The Labute approximate surface area is 123 Å². The van der Waals surface area contributed by atoms with E-state index in [4.69, 9.17) is 23.2 Å². The number of hydrogen-bond acceptors (Lipinski definition) is 2. The Morgan fingerprint density at radius 1 is 1.26 bits per heavy atom. The maximum absolute atomic E-state index is 11.8. The molecule has 2 N–H and O–H groups in total. The van der Waals surface area contributed by atoms with Crippen LogP contribution in [0.1, 0.15) is 25.7 Å². The Hall–Kier alpha value is -0.770. The van der Waals surface area contributed by atoms with E-state index in [0.29, 0.717) is 28.1 Å². The molecule has 0 spiro atoms. The Morgan fingerprint density at radius 3 is 2.68 bits per heavy atom. The van der Waals surface area contributed by atoms with Crippen LogP contribution in [-0.4, -0.2) is 19.0 Å². The molecule has 3 nitrogen and oxygen atoms in total. The quantitative estimate of drug-likeness (QED) is 0.890. The number of carbonyl (C=O) groups excluding carboxylic acids is 1. The highest BCUT2D eigenvalue weighted by Crippen LogP contribution is 2.25. The molecular formula is C14H18Cl2N2O. The van der Waals surface area contributed by atoms with Crippen LogP contribution in [0.15, 0.2) is 18.2 Å². The SMILES string of the molecule is O=C(CCC1CCNCC1)Nc1ccc(Cl)c(Cl)c1. The van der Waals surface area contributed by atoms with Crippen LogP contribution in [0.4, 0.5) is 5.69 Å². The number of amides is 1. The number of hydrogen-bond donors (Lipinski definition) is 2. The van der Waals surface area contributed by atoms with Crippen LogP contribution in [0.5, 0.6) is 0 Å². The highest BCUT2D eigenvalue weighted by atomic mass is 35.5. The minimum atomic E-state index is 0.0388. The van der Waals surface area contributed by atoms with Crippen molar-refractivity contribution in [3.63, 3.8) is 0 Å². The number of piperidine rings is 1. The Bertz CT molecular complexity index is 445. The third-order valence-electron chi connectivity index (χ3n) is 3.44. The molecule has 19 heavy (non-hydrogen) atoms. The molecule has 1 aromatic carbocycles. The predicted octanol–water partition coefficient (Wildman–Crippen LogP) is 3.71. The standard InChI is InChI=1S/C14H18Cl2N2O/c15-12-3-2-11(9-13(12)16)18-14(19)4-1-10-5-7-17-8-6-10/h2-3,9-10,17H,1,4-8H2,(H,18,19). The van der Waals surface area contributed by atoms with Gasteiger partial charge in [-0.15, -0.1) is 0 Å². The Kier molecular flexibility index (Phi) is 5.49. The van der Waals surface area contributed by atoms with Crippen molar-refractivity contribution in [1.82, 2.24) is 5.32 Å². The first-order valence-electron chi connectivity index (χ1n) is 6.61. The van der Waals surface area contributed by atoms with Gasteiger partial charge in [0.15, 0.2) is 0 Å². The number of anilines is 1. The first-order valence-corrected chi connectivity index (χ1v) is 7.36. The second-order valence-electron chi connectivity index (χ2n) is 4.91. The lowest BCUT2D eigenvalue weighted by molar-refractivity contribution is -0.116. The van der Waals surface area contributed by atoms with Gasteiger partial charge >= 0.3 is 0 Å². The molecule has 0 radical (unpaired) electrons. The minimum absolute atomic E-state index is 0.0388. The monoisotopic (exact) mass is 300 g/mol. The van der Waals surface area contributed by atoms with E-state index in [1.54, 1.807) is 18.2 Å². The zero-order valence-corrected chi connectivity index (χ0v) is 12.2. The normalized spacial score (nSPS) is 16.3. The number of rotatable bonds is 4. The average molecular weight is 301 g/mol. The lowest BCUT2D eigenvalue weighted by Crippen LogP contribution is -2.28. The van der Waals surface area contributed by atoms with Gasteiger partial charge in [-0.3, -0.25) is 4.79 Å². The third kappa shape index (κ3) is 4.68. The van der Waals surface area contributed by atoms with Crippen LogP contribution >= 0.6 is 23.2 Å². The minimum Gasteiger partial charge on any atom is -0.326 e. The van der Waals surface area contributed by atoms with Crippen LogP contribution in [0, 0.1) is 5.92 Å². The molecule has 0 atom stereocenters. The average Bonchev–Trinajstić information content (AvgIpc) is 2.42. The molecule has 0 bridgehead atoms. The van der Waals surface area contributed by atoms with Crippen LogP contribution in [0.3, 0.4) is 0 Å².